The SMILES string of the molecule is CCCC1O[C@@H]2C[C@H]3[C@@H]4CCC5=CC(=O)C=C[C@]5(C)[C@H]4[C@@H](O)C[C@]3(C)[C@]2(C(=O)CC(CC)C(=O)[O-])O1. The van der Waals surface area contributed by atoms with Gasteiger partial charge < -0.3 is 24.5 Å². The van der Waals surface area contributed by atoms with E-state index < -0.39 is 46.8 Å². The van der Waals surface area contributed by atoms with Crippen LogP contribution in [0, 0.1) is 34.5 Å². The zero-order valence-electron chi connectivity index (χ0n) is 21.8. The van der Waals surface area contributed by atoms with Crippen LogP contribution in [0.1, 0.15) is 79.1 Å². The number of hydrogen-bond acceptors (Lipinski definition) is 7. The molecule has 10 atom stereocenters. The number of carbonyl (C=O) groups excluding carboxylic acids is 3. The molecule has 36 heavy (non-hydrogen) atoms. The first kappa shape index (κ1) is 25.8. The van der Waals surface area contributed by atoms with Crippen molar-refractivity contribution >= 4 is 17.5 Å². The van der Waals surface area contributed by atoms with Gasteiger partial charge >= 0.3 is 0 Å². The standard InChI is InChI=1S/C29H40O7/c1-5-7-24-35-23-14-20-19-9-8-17-13-18(30)10-11-27(17,3)25(19)21(31)15-28(20,4)29(23,36-24)22(32)12-16(6-2)26(33)34/h10-11,13,16,19-21,23-25,31H,5-9,12,14-15H2,1-4H3,(H,33,34)/p-1/t16?,19-,20-,21-,23+,24?,25+,27-,28-,29+/m0/s1. The first-order chi connectivity index (χ1) is 17.0. The molecule has 7 heteroatoms. The van der Waals surface area contributed by atoms with Crippen molar-refractivity contribution in [2.45, 2.75) is 103 Å². The number of ketones is 2. The van der Waals surface area contributed by atoms with Crippen LogP contribution in [-0.2, 0) is 23.9 Å². The van der Waals surface area contributed by atoms with Crippen LogP contribution in [0.5, 0.6) is 0 Å². The first-order valence-corrected chi connectivity index (χ1v) is 13.7. The topological polar surface area (TPSA) is 113 Å². The van der Waals surface area contributed by atoms with Gasteiger partial charge in [0.05, 0.1) is 12.2 Å². The zero-order chi connectivity index (χ0) is 26.0. The van der Waals surface area contributed by atoms with Crippen molar-refractivity contribution in [2.75, 3.05) is 0 Å². The summed E-state index contributed by atoms with van der Waals surface area (Å²) < 4.78 is 13.0. The quantitative estimate of drug-likeness (QED) is 0.573. The second kappa shape index (κ2) is 8.88. The van der Waals surface area contributed by atoms with Crippen LogP contribution >= 0.6 is 0 Å². The predicted molar refractivity (Wildman–Crippen MR) is 129 cm³/mol. The lowest BCUT2D eigenvalue weighted by molar-refractivity contribution is -0.311. The van der Waals surface area contributed by atoms with Gasteiger partial charge in [-0.3, -0.25) is 9.59 Å². The number of carboxylic acid groups (broad SMARTS) is 1. The van der Waals surface area contributed by atoms with E-state index in [1.807, 2.05) is 13.0 Å². The molecule has 5 rings (SSSR count). The molecular weight excluding hydrogens is 460 g/mol. The largest absolute Gasteiger partial charge is 0.550 e. The van der Waals surface area contributed by atoms with E-state index in [1.54, 1.807) is 19.1 Å². The van der Waals surface area contributed by atoms with Crippen molar-refractivity contribution in [3.63, 3.8) is 0 Å². The molecule has 4 aliphatic carbocycles. The first-order valence-electron chi connectivity index (χ1n) is 13.7. The summed E-state index contributed by atoms with van der Waals surface area (Å²) in [5, 5.41) is 23.5. The minimum absolute atomic E-state index is 0.00169. The summed E-state index contributed by atoms with van der Waals surface area (Å²) in [5.41, 5.74) is -1.28. The number of hydrogen-bond donors (Lipinski definition) is 1. The number of aliphatic carboxylic acids is 1. The number of carbonyl (C=O) groups is 3. The number of Topliss-reactive ketones (excluding diaryl/α,β-unsaturated/α-hetero) is 1. The average molecular weight is 500 g/mol. The van der Waals surface area contributed by atoms with Gasteiger partial charge in [-0.2, -0.15) is 0 Å². The second-order valence-electron chi connectivity index (χ2n) is 12.2. The summed E-state index contributed by atoms with van der Waals surface area (Å²) in [6.45, 7) is 7.96. The molecule has 0 aromatic carbocycles. The van der Waals surface area contributed by atoms with Crippen molar-refractivity contribution in [1.29, 1.82) is 0 Å². The maximum Gasteiger partial charge on any atom is 0.178 e. The summed E-state index contributed by atoms with van der Waals surface area (Å²) in [7, 11) is 0. The lowest BCUT2D eigenvalue weighted by Crippen LogP contribution is -2.63. The number of fused-ring (bicyclic) bond motifs is 7. The molecule has 0 aromatic rings. The lowest BCUT2D eigenvalue weighted by Gasteiger charge is -2.59. The molecule has 4 fully saturated rings. The minimum atomic E-state index is -1.28. The summed E-state index contributed by atoms with van der Waals surface area (Å²) in [4.78, 5) is 37.9. The van der Waals surface area contributed by atoms with E-state index in [4.69, 9.17) is 9.47 Å². The van der Waals surface area contributed by atoms with E-state index in [-0.39, 0.29) is 35.7 Å². The summed E-state index contributed by atoms with van der Waals surface area (Å²) in [6, 6.07) is 0. The molecule has 7 nitrogen and oxygen atoms in total. The molecule has 5 aliphatic rings. The van der Waals surface area contributed by atoms with E-state index in [0.717, 1.165) is 24.8 Å². The Kier molecular flexibility index (Phi) is 6.37. The molecule has 1 heterocycles. The lowest BCUT2D eigenvalue weighted by atomic mass is 9.46. The van der Waals surface area contributed by atoms with E-state index in [9.17, 15) is 24.6 Å². The maximum absolute atomic E-state index is 14.1. The Bertz CT molecular complexity index is 1020. The zero-order valence-corrected chi connectivity index (χ0v) is 21.8. The fraction of sp³-hybridized carbons (Fsp3) is 0.759. The van der Waals surface area contributed by atoms with Crippen molar-refractivity contribution in [2.24, 2.45) is 34.5 Å². The monoisotopic (exact) mass is 499 g/mol. The van der Waals surface area contributed by atoms with Gasteiger partial charge in [0, 0.05) is 35.1 Å². The van der Waals surface area contributed by atoms with Crippen LogP contribution < -0.4 is 5.11 Å². The number of carboxylic acids is 1. The fourth-order valence-electron chi connectivity index (χ4n) is 8.78. The van der Waals surface area contributed by atoms with Crippen molar-refractivity contribution in [3.8, 4) is 0 Å². The smallest absolute Gasteiger partial charge is 0.178 e. The molecule has 1 aliphatic heterocycles. The Hall–Kier alpha value is -1.83. The summed E-state index contributed by atoms with van der Waals surface area (Å²) >= 11 is 0. The highest BCUT2D eigenvalue weighted by molar-refractivity contribution is 6.01. The van der Waals surface area contributed by atoms with Gasteiger partial charge in [0.1, 0.15) is 0 Å². The molecule has 3 saturated carbocycles. The van der Waals surface area contributed by atoms with Gasteiger partial charge in [0.2, 0.25) is 0 Å². The number of ether oxygens (including phenoxy) is 2. The Morgan fingerprint density at radius 1 is 1.28 bits per heavy atom. The van der Waals surface area contributed by atoms with Crippen LogP contribution in [0.4, 0.5) is 0 Å². The molecule has 0 radical (unpaired) electrons. The van der Waals surface area contributed by atoms with Gasteiger partial charge in [-0.05, 0) is 62.5 Å². The molecule has 2 unspecified atom stereocenters. The second-order valence-corrected chi connectivity index (χ2v) is 12.2. The van der Waals surface area contributed by atoms with Crippen LogP contribution in [0.2, 0.25) is 0 Å². The Morgan fingerprint density at radius 2 is 2.03 bits per heavy atom. The van der Waals surface area contributed by atoms with Gasteiger partial charge in [-0.1, -0.05) is 45.8 Å². The molecular formula is C29H39O7-. The average Bonchev–Trinajstić information content (AvgIpc) is 3.29. The number of allylic oxidation sites excluding steroid dienone is 4. The number of aliphatic hydroxyl groups excluding tert-OH is 1. The highest BCUT2D eigenvalue weighted by Gasteiger charge is 2.75. The molecule has 0 spiro atoms. The minimum Gasteiger partial charge on any atom is -0.550 e. The molecule has 1 saturated heterocycles. The number of rotatable bonds is 7. The van der Waals surface area contributed by atoms with E-state index in [0.29, 0.717) is 25.7 Å². The van der Waals surface area contributed by atoms with Crippen LogP contribution in [0.15, 0.2) is 23.8 Å². The molecule has 0 aromatic heterocycles. The van der Waals surface area contributed by atoms with Crippen molar-refractivity contribution in [3.05, 3.63) is 23.8 Å². The maximum atomic E-state index is 14.1. The Morgan fingerprint density at radius 3 is 2.69 bits per heavy atom. The van der Waals surface area contributed by atoms with Crippen LogP contribution in [-0.4, -0.2) is 46.7 Å². The van der Waals surface area contributed by atoms with Gasteiger partial charge in [-0.15, -0.1) is 0 Å². The summed E-state index contributed by atoms with van der Waals surface area (Å²) in [6.07, 6.45) is 7.94. The molecule has 0 bridgehead atoms. The third-order valence-corrected chi connectivity index (χ3v) is 10.5. The number of aliphatic hydroxyl groups is 1. The summed E-state index contributed by atoms with van der Waals surface area (Å²) in [5.74, 6) is -2.18. The van der Waals surface area contributed by atoms with Crippen LogP contribution in [0.25, 0.3) is 0 Å². The predicted octanol–water partition coefficient (Wildman–Crippen LogP) is 2.89. The third kappa shape index (κ3) is 3.45. The van der Waals surface area contributed by atoms with E-state index >= 15 is 0 Å². The van der Waals surface area contributed by atoms with Gasteiger partial charge in [-0.25, -0.2) is 0 Å². The molecule has 198 valence electrons. The van der Waals surface area contributed by atoms with E-state index in [2.05, 4.69) is 13.8 Å². The normalized spacial score (nSPS) is 45.8. The van der Waals surface area contributed by atoms with E-state index in [1.165, 1.54) is 0 Å². The van der Waals surface area contributed by atoms with Crippen LogP contribution in [0.3, 0.4) is 0 Å². The van der Waals surface area contributed by atoms with Crippen molar-refractivity contribution < 1.29 is 34.1 Å². The Labute approximate surface area is 213 Å². The van der Waals surface area contributed by atoms with Crippen molar-refractivity contribution in [1.82, 2.24) is 0 Å². The Balaban J connectivity index is 1.54. The highest BCUT2D eigenvalue weighted by Crippen LogP contribution is 2.70. The third-order valence-electron chi connectivity index (χ3n) is 10.5. The molecule has 1 N–H and O–H groups in total. The fourth-order valence-corrected chi connectivity index (χ4v) is 8.78. The highest BCUT2D eigenvalue weighted by atomic mass is 16.7. The van der Waals surface area contributed by atoms with Gasteiger partial charge in [0.15, 0.2) is 23.5 Å². The molecule has 0 amide bonds. The van der Waals surface area contributed by atoms with Gasteiger partial charge in [0.25, 0.3) is 0 Å².